The first kappa shape index (κ1) is 29.1. The number of nitrogens with zero attached hydrogens (tertiary/aromatic N) is 3. The zero-order valence-corrected chi connectivity index (χ0v) is 26.9. The van der Waals surface area contributed by atoms with E-state index >= 15 is 0 Å². The van der Waals surface area contributed by atoms with Crippen LogP contribution in [-0.2, 0) is 0 Å². The van der Waals surface area contributed by atoms with E-state index in [0.29, 0.717) is 44.4 Å². The van der Waals surface area contributed by atoms with Crippen LogP contribution < -0.4 is 14.7 Å². The van der Waals surface area contributed by atoms with Crippen LogP contribution in [0.25, 0.3) is 21.5 Å². The maximum absolute atomic E-state index is 13.6. The third kappa shape index (κ3) is 4.61. The lowest BCUT2D eigenvalue weighted by molar-refractivity contribution is 0.0877. The molecule has 2 aliphatic rings. The molecule has 0 saturated heterocycles. The summed E-state index contributed by atoms with van der Waals surface area (Å²) in [4.78, 5) is 60.3. The highest BCUT2D eigenvalue weighted by atomic mass is 33.1. The Balaban J connectivity index is 0.983. The number of hydrogen-bond donors (Lipinski definition) is 0. The summed E-state index contributed by atoms with van der Waals surface area (Å²) in [7, 11) is 6.93. The fraction of sp³-hybridized carbons (Fsp3) is 0.0526. The number of benzene rings is 6. The third-order valence-electron chi connectivity index (χ3n) is 8.56. The van der Waals surface area contributed by atoms with Crippen molar-refractivity contribution in [2.24, 2.45) is 0 Å². The highest BCUT2D eigenvalue weighted by Gasteiger charge is 2.35. The first-order valence-electron chi connectivity index (χ1n) is 14.9. The van der Waals surface area contributed by atoms with E-state index in [1.807, 2.05) is 85.7 Å². The molecule has 47 heavy (non-hydrogen) atoms. The minimum absolute atomic E-state index is 0.335. The highest BCUT2D eigenvalue weighted by molar-refractivity contribution is 8.76. The lowest BCUT2D eigenvalue weighted by atomic mass is 9.92. The van der Waals surface area contributed by atoms with Gasteiger partial charge < -0.3 is 4.90 Å². The number of amides is 4. The Labute approximate surface area is 278 Å². The molecule has 6 aromatic rings. The van der Waals surface area contributed by atoms with E-state index in [9.17, 15) is 19.2 Å². The maximum Gasteiger partial charge on any atom is 0.265 e. The van der Waals surface area contributed by atoms with Crippen LogP contribution in [0.15, 0.2) is 125 Å². The van der Waals surface area contributed by atoms with Gasteiger partial charge in [0.2, 0.25) is 0 Å². The SMILES string of the molecule is CN(C)c1ccc2c3c(cccc13)C(=O)N(c1ccc(SSc3ccc(N4C(=O)c5cccc6cccc(c56)C4=O)cc3)cc1)C2=O. The van der Waals surface area contributed by atoms with Crippen LogP contribution in [-0.4, -0.2) is 37.7 Å². The van der Waals surface area contributed by atoms with E-state index < -0.39 is 0 Å². The zero-order valence-electron chi connectivity index (χ0n) is 25.3. The summed E-state index contributed by atoms with van der Waals surface area (Å²) in [6.07, 6.45) is 0. The van der Waals surface area contributed by atoms with Crippen LogP contribution in [0.1, 0.15) is 41.4 Å². The molecular weight excluding hydrogens is 627 g/mol. The van der Waals surface area contributed by atoms with Crippen LogP contribution in [0, 0.1) is 0 Å². The molecule has 0 spiro atoms. The molecule has 2 aliphatic heterocycles. The van der Waals surface area contributed by atoms with Crippen molar-refractivity contribution in [1.29, 1.82) is 0 Å². The molecule has 0 fully saturated rings. The van der Waals surface area contributed by atoms with E-state index in [4.69, 9.17) is 0 Å². The van der Waals surface area contributed by atoms with Crippen molar-refractivity contribution in [3.8, 4) is 0 Å². The molecule has 9 heteroatoms. The summed E-state index contributed by atoms with van der Waals surface area (Å²) in [6.45, 7) is 0. The fourth-order valence-corrected chi connectivity index (χ4v) is 8.30. The van der Waals surface area contributed by atoms with Crippen molar-refractivity contribution in [2.45, 2.75) is 9.79 Å². The van der Waals surface area contributed by atoms with E-state index in [1.165, 1.54) is 31.4 Å². The first-order valence-corrected chi connectivity index (χ1v) is 17.0. The van der Waals surface area contributed by atoms with Crippen molar-refractivity contribution in [3.05, 3.63) is 138 Å². The molecule has 0 bridgehead atoms. The second kappa shape index (κ2) is 11.2. The molecule has 8 rings (SSSR count). The monoisotopic (exact) mass is 651 g/mol. The van der Waals surface area contributed by atoms with E-state index in [1.54, 1.807) is 48.5 Å². The summed E-state index contributed by atoms with van der Waals surface area (Å²) in [5.74, 6) is -1.36. The molecule has 0 saturated carbocycles. The largest absolute Gasteiger partial charge is 0.377 e. The van der Waals surface area contributed by atoms with Gasteiger partial charge in [0.1, 0.15) is 0 Å². The lowest BCUT2D eigenvalue weighted by Crippen LogP contribution is -2.40. The first-order chi connectivity index (χ1) is 22.8. The number of carbonyl (C=O) groups is 4. The van der Waals surface area contributed by atoms with Crippen molar-refractivity contribution in [1.82, 2.24) is 0 Å². The van der Waals surface area contributed by atoms with Crippen LogP contribution in [0.3, 0.4) is 0 Å². The van der Waals surface area contributed by atoms with Crippen molar-refractivity contribution < 1.29 is 19.2 Å². The Hall–Kier alpha value is -5.38. The molecule has 0 atom stereocenters. The molecule has 0 radical (unpaired) electrons. The second-order valence-electron chi connectivity index (χ2n) is 11.5. The number of carbonyl (C=O) groups excluding carboxylic acids is 4. The summed E-state index contributed by atoms with van der Waals surface area (Å²) >= 11 is 0. The second-order valence-corrected chi connectivity index (χ2v) is 13.8. The minimum Gasteiger partial charge on any atom is -0.377 e. The van der Waals surface area contributed by atoms with Crippen LogP contribution in [0.4, 0.5) is 17.1 Å². The molecule has 0 unspecified atom stereocenters. The highest BCUT2D eigenvalue weighted by Crippen LogP contribution is 2.41. The molecule has 2 heterocycles. The summed E-state index contributed by atoms with van der Waals surface area (Å²) in [6, 6.07) is 34.9. The smallest absolute Gasteiger partial charge is 0.265 e. The average molecular weight is 652 g/mol. The number of rotatable bonds is 6. The third-order valence-corrected chi connectivity index (χ3v) is 11.0. The molecule has 228 valence electrons. The maximum atomic E-state index is 13.6. The predicted octanol–water partition coefficient (Wildman–Crippen LogP) is 8.46. The van der Waals surface area contributed by atoms with Gasteiger partial charge >= 0.3 is 0 Å². The Bertz CT molecular complexity index is 2240. The number of imide groups is 2. The molecule has 4 amide bonds. The minimum atomic E-state index is -0.343. The standard InChI is InChI=1S/C38H25N3O4S2/c1-39(2)32-21-20-31-34-27(32)8-5-11-30(34)37(44)41(38(31)45)24-14-18-26(19-15-24)47-46-25-16-12-23(13-17-25)40-35(42)28-9-3-6-22-7-4-10-29(33(22)28)36(40)43/h3-21H,1-2H3. The van der Waals surface area contributed by atoms with Gasteiger partial charge in [-0.15, -0.1) is 0 Å². The molecule has 6 aromatic carbocycles. The van der Waals surface area contributed by atoms with Gasteiger partial charge in [0.05, 0.1) is 11.4 Å². The Morgan fingerprint density at radius 1 is 0.468 bits per heavy atom. The zero-order chi connectivity index (χ0) is 32.4. The van der Waals surface area contributed by atoms with Crippen LogP contribution in [0.5, 0.6) is 0 Å². The normalized spacial score (nSPS) is 14.0. The van der Waals surface area contributed by atoms with Gasteiger partial charge in [-0.1, -0.05) is 58.0 Å². The lowest BCUT2D eigenvalue weighted by Gasteiger charge is -2.28. The van der Waals surface area contributed by atoms with Gasteiger partial charge in [-0.3, -0.25) is 19.2 Å². The molecule has 0 N–H and O–H groups in total. The fourth-order valence-electron chi connectivity index (χ4n) is 6.37. The quantitative estimate of drug-likeness (QED) is 0.132. The van der Waals surface area contributed by atoms with E-state index in [2.05, 4.69) is 0 Å². The van der Waals surface area contributed by atoms with Gasteiger partial charge in [-0.05, 0) is 84.2 Å². The van der Waals surface area contributed by atoms with Crippen LogP contribution >= 0.6 is 21.6 Å². The molecule has 0 aromatic heterocycles. The van der Waals surface area contributed by atoms with Gasteiger partial charge in [-0.25, -0.2) is 9.80 Å². The molecule has 0 aliphatic carbocycles. The van der Waals surface area contributed by atoms with Gasteiger partial charge in [-0.2, -0.15) is 0 Å². The Morgan fingerprint density at radius 2 is 0.894 bits per heavy atom. The number of hydrogen-bond acceptors (Lipinski definition) is 7. The summed E-state index contributed by atoms with van der Waals surface area (Å²) in [5.41, 5.74) is 4.01. The van der Waals surface area contributed by atoms with Crippen molar-refractivity contribution in [3.63, 3.8) is 0 Å². The average Bonchev–Trinajstić information content (AvgIpc) is 3.09. The number of anilines is 3. The van der Waals surface area contributed by atoms with Gasteiger partial charge in [0.25, 0.3) is 23.6 Å². The molecule has 7 nitrogen and oxygen atoms in total. The van der Waals surface area contributed by atoms with Crippen molar-refractivity contribution in [2.75, 3.05) is 28.8 Å². The van der Waals surface area contributed by atoms with E-state index in [-0.39, 0.29) is 23.6 Å². The van der Waals surface area contributed by atoms with Gasteiger partial charge in [0, 0.05) is 68.0 Å². The van der Waals surface area contributed by atoms with Crippen molar-refractivity contribution >= 4 is 83.8 Å². The van der Waals surface area contributed by atoms with Crippen LogP contribution in [0.2, 0.25) is 0 Å². The topological polar surface area (TPSA) is 78.0 Å². The summed E-state index contributed by atoms with van der Waals surface area (Å²) < 4.78 is 0. The predicted molar refractivity (Wildman–Crippen MR) is 189 cm³/mol. The summed E-state index contributed by atoms with van der Waals surface area (Å²) in [5, 5.41) is 3.13. The van der Waals surface area contributed by atoms with Gasteiger partial charge in [0.15, 0.2) is 0 Å². The van der Waals surface area contributed by atoms with E-state index in [0.717, 1.165) is 26.3 Å². The Morgan fingerprint density at radius 3 is 1.36 bits per heavy atom. The Kier molecular flexibility index (Phi) is 6.89. The molecular formula is C38H25N3O4S2.